The SMILES string of the molecule is CNc1ncc(CN(C)c2cc(C3CCOC3)ncn2)cn1. The Kier molecular flexibility index (Phi) is 4.43. The highest BCUT2D eigenvalue weighted by Gasteiger charge is 2.20. The van der Waals surface area contributed by atoms with E-state index in [0.717, 1.165) is 36.7 Å². The summed E-state index contributed by atoms with van der Waals surface area (Å²) in [5, 5.41) is 2.91. The summed E-state index contributed by atoms with van der Waals surface area (Å²) >= 11 is 0. The number of aromatic nitrogens is 4. The quantitative estimate of drug-likeness (QED) is 0.895. The van der Waals surface area contributed by atoms with Gasteiger partial charge in [0.1, 0.15) is 12.1 Å². The van der Waals surface area contributed by atoms with Crippen LogP contribution in [0.4, 0.5) is 11.8 Å². The molecule has 0 aliphatic carbocycles. The Morgan fingerprint density at radius 3 is 2.77 bits per heavy atom. The number of hydrogen-bond acceptors (Lipinski definition) is 7. The second-order valence-electron chi connectivity index (χ2n) is 5.38. The Morgan fingerprint density at radius 1 is 1.27 bits per heavy atom. The van der Waals surface area contributed by atoms with Crippen LogP contribution in [0.25, 0.3) is 0 Å². The molecule has 1 aliphatic rings. The van der Waals surface area contributed by atoms with Crippen LogP contribution in [0.5, 0.6) is 0 Å². The summed E-state index contributed by atoms with van der Waals surface area (Å²) in [6, 6.07) is 2.04. The number of nitrogens with one attached hydrogen (secondary N) is 1. The van der Waals surface area contributed by atoms with Crippen molar-refractivity contribution in [2.75, 3.05) is 37.5 Å². The van der Waals surface area contributed by atoms with Crippen molar-refractivity contribution >= 4 is 11.8 Å². The molecule has 3 heterocycles. The van der Waals surface area contributed by atoms with Crippen LogP contribution in [0.3, 0.4) is 0 Å². The fourth-order valence-electron chi connectivity index (χ4n) is 2.48. The van der Waals surface area contributed by atoms with Crippen LogP contribution in [-0.4, -0.2) is 47.2 Å². The van der Waals surface area contributed by atoms with Crippen molar-refractivity contribution in [3.05, 3.63) is 36.0 Å². The summed E-state index contributed by atoms with van der Waals surface area (Å²) in [5.41, 5.74) is 2.09. The molecule has 0 saturated carbocycles. The van der Waals surface area contributed by atoms with Gasteiger partial charge in [-0.3, -0.25) is 0 Å². The van der Waals surface area contributed by atoms with Gasteiger partial charge in [0, 0.05) is 57.2 Å². The van der Waals surface area contributed by atoms with Crippen molar-refractivity contribution in [1.82, 2.24) is 19.9 Å². The molecule has 7 heteroatoms. The summed E-state index contributed by atoms with van der Waals surface area (Å²) < 4.78 is 5.43. The predicted octanol–water partition coefficient (Wildman–Crippen LogP) is 1.45. The van der Waals surface area contributed by atoms with Crippen LogP contribution in [-0.2, 0) is 11.3 Å². The molecule has 1 aliphatic heterocycles. The maximum atomic E-state index is 5.43. The second kappa shape index (κ2) is 6.65. The molecule has 0 radical (unpaired) electrons. The maximum Gasteiger partial charge on any atom is 0.222 e. The highest BCUT2D eigenvalue weighted by atomic mass is 16.5. The smallest absolute Gasteiger partial charge is 0.222 e. The average molecular weight is 300 g/mol. The van der Waals surface area contributed by atoms with E-state index in [9.17, 15) is 0 Å². The monoisotopic (exact) mass is 300 g/mol. The fourth-order valence-corrected chi connectivity index (χ4v) is 2.48. The molecular weight excluding hydrogens is 280 g/mol. The molecule has 1 atom stereocenters. The largest absolute Gasteiger partial charge is 0.381 e. The zero-order chi connectivity index (χ0) is 15.4. The van der Waals surface area contributed by atoms with Crippen molar-refractivity contribution in [2.45, 2.75) is 18.9 Å². The minimum atomic E-state index is 0.383. The minimum Gasteiger partial charge on any atom is -0.381 e. The van der Waals surface area contributed by atoms with E-state index >= 15 is 0 Å². The van der Waals surface area contributed by atoms with Crippen LogP contribution in [0.2, 0.25) is 0 Å². The van der Waals surface area contributed by atoms with Gasteiger partial charge in [0.25, 0.3) is 0 Å². The van der Waals surface area contributed by atoms with E-state index in [1.807, 2.05) is 25.5 Å². The van der Waals surface area contributed by atoms with Crippen molar-refractivity contribution in [3.63, 3.8) is 0 Å². The first kappa shape index (κ1) is 14.6. The molecule has 1 saturated heterocycles. The van der Waals surface area contributed by atoms with E-state index in [4.69, 9.17) is 4.74 Å². The first-order chi connectivity index (χ1) is 10.8. The first-order valence-corrected chi connectivity index (χ1v) is 7.36. The number of rotatable bonds is 5. The average Bonchev–Trinajstić information content (AvgIpc) is 3.10. The molecule has 0 bridgehead atoms. The standard InChI is InChI=1S/C15H20N6O/c1-16-15-17-6-11(7-18-15)8-21(2)14-5-13(19-10-20-14)12-3-4-22-9-12/h5-7,10,12H,3-4,8-9H2,1-2H3,(H,16,17,18). The van der Waals surface area contributed by atoms with E-state index < -0.39 is 0 Å². The molecule has 2 aromatic heterocycles. The normalized spacial score (nSPS) is 17.5. The van der Waals surface area contributed by atoms with Gasteiger partial charge in [-0.05, 0) is 6.42 Å². The summed E-state index contributed by atoms with van der Waals surface area (Å²) in [5.74, 6) is 1.90. The van der Waals surface area contributed by atoms with Gasteiger partial charge in [-0.1, -0.05) is 0 Å². The third-order valence-electron chi connectivity index (χ3n) is 3.76. The molecule has 3 rings (SSSR count). The van der Waals surface area contributed by atoms with E-state index in [1.165, 1.54) is 0 Å². The lowest BCUT2D eigenvalue weighted by molar-refractivity contribution is 0.193. The van der Waals surface area contributed by atoms with Crippen molar-refractivity contribution in [1.29, 1.82) is 0 Å². The molecule has 0 spiro atoms. The molecular formula is C15H20N6O. The van der Waals surface area contributed by atoms with E-state index in [-0.39, 0.29) is 0 Å². The Bertz CT molecular complexity index is 612. The summed E-state index contributed by atoms with van der Waals surface area (Å²) in [4.78, 5) is 19.3. The van der Waals surface area contributed by atoms with Crippen LogP contribution >= 0.6 is 0 Å². The number of nitrogens with zero attached hydrogens (tertiary/aromatic N) is 5. The number of hydrogen-bond donors (Lipinski definition) is 1. The zero-order valence-electron chi connectivity index (χ0n) is 12.9. The topological polar surface area (TPSA) is 76.1 Å². The lowest BCUT2D eigenvalue weighted by Crippen LogP contribution is -2.19. The lowest BCUT2D eigenvalue weighted by Gasteiger charge is -2.19. The van der Waals surface area contributed by atoms with Gasteiger partial charge < -0.3 is 15.0 Å². The molecule has 1 unspecified atom stereocenters. The summed E-state index contributed by atoms with van der Waals surface area (Å²) in [6.07, 6.45) is 6.30. The second-order valence-corrected chi connectivity index (χ2v) is 5.38. The van der Waals surface area contributed by atoms with Crippen LogP contribution < -0.4 is 10.2 Å². The third kappa shape index (κ3) is 3.30. The highest BCUT2D eigenvalue weighted by molar-refractivity contribution is 5.39. The Hall–Kier alpha value is -2.28. The molecule has 116 valence electrons. The van der Waals surface area contributed by atoms with E-state index in [1.54, 1.807) is 13.4 Å². The first-order valence-electron chi connectivity index (χ1n) is 7.36. The van der Waals surface area contributed by atoms with Crippen molar-refractivity contribution < 1.29 is 4.74 Å². The van der Waals surface area contributed by atoms with Crippen LogP contribution in [0, 0.1) is 0 Å². The molecule has 7 nitrogen and oxygen atoms in total. The molecule has 22 heavy (non-hydrogen) atoms. The highest BCUT2D eigenvalue weighted by Crippen LogP contribution is 2.25. The molecule has 0 aromatic carbocycles. The van der Waals surface area contributed by atoms with Gasteiger partial charge in [0.15, 0.2) is 0 Å². The van der Waals surface area contributed by atoms with Gasteiger partial charge >= 0.3 is 0 Å². The third-order valence-corrected chi connectivity index (χ3v) is 3.76. The van der Waals surface area contributed by atoms with Gasteiger partial charge in [-0.15, -0.1) is 0 Å². The lowest BCUT2D eigenvalue weighted by atomic mass is 10.0. The van der Waals surface area contributed by atoms with Crippen LogP contribution in [0.15, 0.2) is 24.8 Å². The van der Waals surface area contributed by atoms with Crippen molar-refractivity contribution in [2.24, 2.45) is 0 Å². The Balaban J connectivity index is 1.70. The number of anilines is 2. The summed E-state index contributed by atoms with van der Waals surface area (Å²) in [6.45, 7) is 2.26. The maximum absolute atomic E-state index is 5.43. The minimum absolute atomic E-state index is 0.383. The van der Waals surface area contributed by atoms with Crippen molar-refractivity contribution in [3.8, 4) is 0 Å². The van der Waals surface area contributed by atoms with E-state index in [2.05, 4.69) is 30.2 Å². The Labute approximate surface area is 129 Å². The van der Waals surface area contributed by atoms with E-state index in [0.29, 0.717) is 18.4 Å². The molecule has 1 N–H and O–H groups in total. The Morgan fingerprint density at radius 2 is 2.09 bits per heavy atom. The van der Waals surface area contributed by atoms with Gasteiger partial charge in [0.2, 0.25) is 5.95 Å². The number of ether oxygens (including phenoxy) is 1. The van der Waals surface area contributed by atoms with Gasteiger partial charge in [0.05, 0.1) is 12.3 Å². The van der Waals surface area contributed by atoms with Crippen LogP contribution in [0.1, 0.15) is 23.6 Å². The fraction of sp³-hybridized carbons (Fsp3) is 0.467. The molecule has 0 amide bonds. The molecule has 2 aromatic rings. The summed E-state index contributed by atoms with van der Waals surface area (Å²) in [7, 11) is 3.81. The van der Waals surface area contributed by atoms with Gasteiger partial charge in [-0.25, -0.2) is 19.9 Å². The predicted molar refractivity (Wildman–Crippen MR) is 83.9 cm³/mol. The zero-order valence-corrected chi connectivity index (χ0v) is 12.9. The van der Waals surface area contributed by atoms with Gasteiger partial charge in [-0.2, -0.15) is 0 Å². The molecule has 1 fully saturated rings.